The molecule has 8 heteroatoms. The van der Waals surface area contributed by atoms with Crippen LogP contribution in [0, 0.1) is 19.8 Å². The molecule has 158 valence electrons. The lowest BCUT2D eigenvalue weighted by Gasteiger charge is -2.31. The predicted octanol–water partition coefficient (Wildman–Crippen LogP) is 2.69. The first-order chi connectivity index (χ1) is 14.3. The molecule has 0 aliphatic carbocycles. The summed E-state index contributed by atoms with van der Waals surface area (Å²) in [6.07, 6.45) is 1.96. The summed E-state index contributed by atoms with van der Waals surface area (Å²) < 4.78 is 0. The van der Waals surface area contributed by atoms with E-state index in [1.54, 1.807) is 0 Å². The third-order valence-electron chi connectivity index (χ3n) is 6.11. The van der Waals surface area contributed by atoms with Gasteiger partial charge < -0.3 is 15.5 Å². The van der Waals surface area contributed by atoms with Crippen molar-refractivity contribution >= 4 is 29.3 Å². The number of nitrogens with zero attached hydrogens (tertiary/aromatic N) is 2. The van der Waals surface area contributed by atoms with Gasteiger partial charge in [-0.15, -0.1) is 0 Å². The number of carbonyl (C=O) groups excluding carboxylic acids is 2. The van der Waals surface area contributed by atoms with Gasteiger partial charge in [0.15, 0.2) is 0 Å². The van der Waals surface area contributed by atoms with E-state index in [0.29, 0.717) is 17.6 Å². The molecule has 1 atom stereocenters. The van der Waals surface area contributed by atoms with Gasteiger partial charge >= 0.3 is 0 Å². The van der Waals surface area contributed by atoms with Crippen LogP contribution in [0.25, 0.3) is 0 Å². The van der Waals surface area contributed by atoms with Crippen LogP contribution in [0.3, 0.4) is 0 Å². The van der Waals surface area contributed by atoms with Crippen molar-refractivity contribution in [2.75, 3.05) is 28.6 Å². The fraction of sp³-hybridized carbons (Fsp3) is 0.455. The third-order valence-corrected chi connectivity index (χ3v) is 6.11. The van der Waals surface area contributed by atoms with Gasteiger partial charge in [0, 0.05) is 25.2 Å². The van der Waals surface area contributed by atoms with E-state index in [1.165, 1.54) is 0 Å². The number of H-pyrrole nitrogens is 1. The Morgan fingerprint density at radius 3 is 2.60 bits per heavy atom. The Morgan fingerprint density at radius 2 is 1.90 bits per heavy atom. The number of piperidine rings is 1. The van der Waals surface area contributed by atoms with Crippen molar-refractivity contribution in [2.24, 2.45) is 5.92 Å². The molecule has 1 fully saturated rings. The first-order valence-electron chi connectivity index (χ1n) is 10.4. The molecule has 0 unspecified atom stereocenters. The summed E-state index contributed by atoms with van der Waals surface area (Å²) in [7, 11) is 0. The average Bonchev–Trinajstić information content (AvgIpc) is 2.70. The van der Waals surface area contributed by atoms with Crippen molar-refractivity contribution in [1.82, 2.24) is 9.97 Å². The number of fused-ring (bicyclic) bond motifs is 1. The highest BCUT2D eigenvalue weighted by molar-refractivity contribution is 6.04. The van der Waals surface area contributed by atoms with Gasteiger partial charge in [-0.25, -0.2) is 0 Å². The highest BCUT2D eigenvalue weighted by atomic mass is 16.2. The smallest absolute Gasteiger partial charge is 0.258 e. The summed E-state index contributed by atoms with van der Waals surface area (Å²) in [6, 6.07) is 5.61. The molecule has 4 rings (SSSR count). The number of benzene rings is 1. The van der Waals surface area contributed by atoms with Gasteiger partial charge in [0.2, 0.25) is 17.8 Å². The molecular weight excluding hydrogens is 382 g/mol. The molecule has 1 aromatic heterocycles. The van der Waals surface area contributed by atoms with Gasteiger partial charge in [-0.3, -0.25) is 19.4 Å². The van der Waals surface area contributed by atoms with Gasteiger partial charge in [-0.1, -0.05) is 13.0 Å². The minimum atomic E-state index is -0.887. The Hall–Kier alpha value is -3.16. The van der Waals surface area contributed by atoms with Gasteiger partial charge in [-0.05, 0) is 55.9 Å². The Morgan fingerprint density at radius 1 is 1.17 bits per heavy atom. The molecule has 3 heterocycles. The van der Waals surface area contributed by atoms with Gasteiger partial charge in [0.05, 0.1) is 11.5 Å². The number of rotatable bonds is 3. The third kappa shape index (κ3) is 3.94. The first-order valence-corrected chi connectivity index (χ1v) is 10.4. The fourth-order valence-corrected chi connectivity index (χ4v) is 4.00. The number of anilines is 3. The van der Waals surface area contributed by atoms with E-state index in [-0.39, 0.29) is 35.2 Å². The van der Waals surface area contributed by atoms with E-state index in [4.69, 9.17) is 0 Å². The highest BCUT2D eigenvalue weighted by Gasteiger charge is 2.35. The highest BCUT2D eigenvalue weighted by Crippen LogP contribution is 2.31. The number of hydrogen-bond acceptors (Lipinski definition) is 5. The maximum atomic E-state index is 13.0. The van der Waals surface area contributed by atoms with Crippen LogP contribution in [0.4, 0.5) is 17.5 Å². The van der Waals surface area contributed by atoms with Crippen molar-refractivity contribution in [2.45, 2.75) is 46.0 Å². The molecule has 2 aromatic rings. The zero-order valence-corrected chi connectivity index (χ0v) is 17.5. The molecule has 3 N–H and O–H groups in total. The summed E-state index contributed by atoms with van der Waals surface area (Å²) in [5.41, 5.74) is 2.64. The first kappa shape index (κ1) is 20.1. The summed E-state index contributed by atoms with van der Waals surface area (Å²) in [6.45, 7) is 7.76. The molecule has 0 spiro atoms. The molecule has 2 aliphatic heterocycles. The molecule has 0 bridgehead atoms. The van der Waals surface area contributed by atoms with E-state index < -0.39 is 5.92 Å². The van der Waals surface area contributed by atoms with Gasteiger partial charge in [-0.2, -0.15) is 4.98 Å². The Balaban J connectivity index is 1.62. The molecule has 1 saturated heterocycles. The molecular formula is C22H27N5O3. The van der Waals surface area contributed by atoms with Crippen molar-refractivity contribution < 1.29 is 9.59 Å². The molecule has 2 aliphatic rings. The quantitative estimate of drug-likeness (QED) is 0.723. The van der Waals surface area contributed by atoms with E-state index in [0.717, 1.165) is 37.1 Å². The largest absolute Gasteiger partial charge is 0.342 e. The Labute approximate surface area is 175 Å². The second-order valence-corrected chi connectivity index (χ2v) is 8.41. The van der Waals surface area contributed by atoms with Crippen molar-refractivity contribution in [3.63, 3.8) is 0 Å². The van der Waals surface area contributed by atoms with Gasteiger partial charge in [0.25, 0.3) is 5.56 Å². The van der Waals surface area contributed by atoms with E-state index in [1.807, 2.05) is 36.9 Å². The van der Waals surface area contributed by atoms with Crippen LogP contribution in [0.1, 0.15) is 48.8 Å². The second-order valence-electron chi connectivity index (χ2n) is 8.41. The van der Waals surface area contributed by atoms with Gasteiger partial charge in [0.1, 0.15) is 5.82 Å². The normalized spacial score (nSPS) is 19.2. The van der Waals surface area contributed by atoms with Crippen molar-refractivity contribution in [1.29, 1.82) is 0 Å². The second kappa shape index (κ2) is 7.93. The fourth-order valence-electron chi connectivity index (χ4n) is 4.00. The Bertz CT molecular complexity index is 1050. The number of hydrogen-bond donors (Lipinski definition) is 3. The topological polar surface area (TPSA) is 107 Å². The molecule has 0 radical (unpaired) electrons. The molecule has 30 heavy (non-hydrogen) atoms. The van der Waals surface area contributed by atoms with Crippen LogP contribution < -0.4 is 21.1 Å². The predicted molar refractivity (Wildman–Crippen MR) is 116 cm³/mol. The maximum absolute atomic E-state index is 13.0. The van der Waals surface area contributed by atoms with Crippen molar-refractivity contribution in [3.8, 4) is 0 Å². The SMILES string of the molecule is Cc1ccc(NC(=O)[C@H]2CC(=O)Nc3nc(N4CCC(C)CC4)[nH]c(=O)c32)cc1C. The van der Waals surface area contributed by atoms with E-state index in [9.17, 15) is 14.4 Å². The molecule has 1 aromatic carbocycles. The van der Waals surface area contributed by atoms with Crippen LogP contribution in [0.15, 0.2) is 23.0 Å². The van der Waals surface area contributed by atoms with E-state index in [2.05, 4.69) is 27.5 Å². The summed E-state index contributed by atoms with van der Waals surface area (Å²) in [5.74, 6) is -0.323. The van der Waals surface area contributed by atoms with E-state index >= 15 is 0 Å². The van der Waals surface area contributed by atoms with Crippen LogP contribution in [-0.2, 0) is 9.59 Å². The zero-order valence-electron chi connectivity index (χ0n) is 17.5. The lowest BCUT2D eigenvalue weighted by Crippen LogP contribution is -2.39. The number of carbonyl (C=O) groups is 2. The average molecular weight is 409 g/mol. The summed E-state index contributed by atoms with van der Waals surface area (Å²) in [5, 5.41) is 5.52. The van der Waals surface area contributed by atoms with Crippen LogP contribution in [0.2, 0.25) is 0 Å². The maximum Gasteiger partial charge on any atom is 0.258 e. The van der Waals surface area contributed by atoms with Crippen LogP contribution >= 0.6 is 0 Å². The molecule has 8 nitrogen and oxygen atoms in total. The monoisotopic (exact) mass is 409 g/mol. The molecule has 0 saturated carbocycles. The van der Waals surface area contributed by atoms with Crippen molar-refractivity contribution in [3.05, 3.63) is 45.2 Å². The number of aromatic amines is 1. The standard InChI is InChI=1S/C22H27N5O3/c1-12-6-8-27(9-7-12)22-25-19-18(21(30)26-22)16(11-17(28)24-19)20(29)23-15-5-4-13(2)14(3)10-15/h4-5,10,12,16H,6-9,11H2,1-3H3,(H,23,29)(H2,24,25,26,28,30)/t16-/m0/s1. The van der Waals surface area contributed by atoms with Crippen LogP contribution in [-0.4, -0.2) is 34.9 Å². The zero-order chi connectivity index (χ0) is 21.4. The number of nitrogens with one attached hydrogen (secondary N) is 3. The number of aryl methyl sites for hydroxylation is 2. The number of aromatic nitrogens is 2. The summed E-state index contributed by atoms with van der Waals surface area (Å²) >= 11 is 0. The molecule has 2 amide bonds. The lowest BCUT2D eigenvalue weighted by atomic mass is 9.92. The van der Waals surface area contributed by atoms with Crippen LogP contribution in [0.5, 0.6) is 0 Å². The minimum Gasteiger partial charge on any atom is -0.342 e. The minimum absolute atomic E-state index is 0.0883. The lowest BCUT2D eigenvalue weighted by molar-refractivity contribution is -0.123. The Kier molecular flexibility index (Phi) is 5.32. The number of amides is 2. The summed E-state index contributed by atoms with van der Waals surface area (Å²) in [4.78, 5) is 47.5.